The molecule has 0 bridgehead atoms. The Morgan fingerprint density at radius 3 is 2.90 bits per heavy atom. The van der Waals surface area contributed by atoms with Crippen molar-refractivity contribution in [1.82, 2.24) is 0 Å². The van der Waals surface area contributed by atoms with E-state index in [2.05, 4.69) is 13.5 Å². The first kappa shape index (κ1) is 10.0. The predicted octanol–water partition coefficient (Wildman–Crippen LogP) is 3.03. The summed E-state index contributed by atoms with van der Waals surface area (Å²) in [5.41, 5.74) is 0. The third-order valence-corrected chi connectivity index (χ3v) is 1.86. The largest absolute Gasteiger partial charge is 0.311 e. The minimum atomic E-state index is 0.663. The van der Waals surface area contributed by atoms with E-state index >= 15 is 0 Å². The van der Waals surface area contributed by atoms with Crippen LogP contribution in [0.4, 0.5) is 0 Å². The van der Waals surface area contributed by atoms with E-state index in [0.717, 1.165) is 5.75 Å². The molecule has 0 aromatic rings. The second kappa shape index (κ2) is 9.05. The van der Waals surface area contributed by atoms with E-state index in [9.17, 15) is 0 Å². The molecule has 0 aliphatic rings. The zero-order valence-electron chi connectivity index (χ0n) is 6.64. The lowest BCUT2D eigenvalue weighted by molar-refractivity contribution is 0.428. The highest BCUT2D eigenvalue weighted by Gasteiger charge is 1.86. The molecule has 60 valence electrons. The molecule has 0 unspecified atom stereocenters. The molecule has 0 aliphatic carbocycles. The van der Waals surface area contributed by atoms with Crippen molar-refractivity contribution in [3.05, 3.63) is 12.7 Å². The zero-order valence-corrected chi connectivity index (χ0v) is 7.45. The SMILES string of the molecule is C=CCOSCCCCC. The molecule has 10 heavy (non-hydrogen) atoms. The molecule has 0 aromatic carbocycles. The highest BCUT2D eigenvalue weighted by atomic mass is 32.2. The molecule has 0 N–H and O–H groups in total. The van der Waals surface area contributed by atoms with Crippen molar-refractivity contribution in [3.8, 4) is 0 Å². The molecule has 0 fully saturated rings. The Balaban J connectivity index is 2.70. The summed E-state index contributed by atoms with van der Waals surface area (Å²) in [5.74, 6) is 1.11. The molecule has 1 nitrogen and oxygen atoms in total. The van der Waals surface area contributed by atoms with Crippen molar-refractivity contribution in [2.45, 2.75) is 26.2 Å². The Hall–Kier alpha value is 0.0500. The molecule has 0 saturated heterocycles. The Morgan fingerprint density at radius 1 is 1.50 bits per heavy atom. The van der Waals surface area contributed by atoms with Gasteiger partial charge in [-0.3, -0.25) is 0 Å². The minimum Gasteiger partial charge on any atom is -0.311 e. The predicted molar refractivity (Wildman–Crippen MR) is 48.1 cm³/mol. The van der Waals surface area contributed by atoms with Crippen LogP contribution in [0.2, 0.25) is 0 Å². The van der Waals surface area contributed by atoms with Crippen molar-refractivity contribution >= 4 is 12.0 Å². The van der Waals surface area contributed by atoms with Gasteiger partial charge in [0.15, 0.2) is 0 Å². The van der Waals surface area contributed by atoms with Gasteiger partial charge in [0.1, 0.15) is 0 Å². The highest BCUT2D eigenvalue weighted by molar-refractivity contribution is 7.94. The summed E-state index contributed by atoms with van der Waals surface area (Å²) < 4.78 is 5.13. The Labute approximate surface area is 68.0 Å². The Kier molecular flexibility index (Phi) is 9.10. The van der Waals surface area contributed by atoms with Crippen molar-refractivity contribution in [2.24, 2.45) is 0 Å². The molecule has 2 heteroatoms. The lowest BCUT2D eigenvalue weighted by Gasteiger charge is -1.97. The van der Waals surface area contributed by atoms with Gasteiger partial charge in [-0.25, -0.2) is 0 Å². The van der Waals surface area contributed by atoms with Crippen LogP contribution in [0, 0.1) is 0 Å². The first-order chi connectivity index (χ1) is 4.91. The van der Waals surface area contributed by atoms with Crippen LogP contribution in [0.1, 0.15) is 26.2 Å². The molecule has 0 spiro atoms. The van der Waals surface area contributed by atoms with E-state index in [-0.39, 0.29) is 0 Å². The van der Waals surface area contributed by atoms with Gasteiger partial charge in [0.25, 0.3) is 0 Å². The lowest BCUT2D eigenvalue weighted by Crippen LogP contribution is -1.83. The topological polar surface area (TPSA) is 9.23 Å². The van der Waals surface area contributed by atoms with Gasteiger partial charge in [-0.1, -0.05) is 25.8 Å². The van der Waals surface area contributed by atoms with Crippen LogP contribution in [-0.4, -0.2) is 12.4 Å². The molecule has 0 heterocycles. The van der Waals surface area contributed by atoms with Gasteiger partial charge < -0.3 is 4.18 Å². The minimum absolute atomic E-state index is 0.663. The van der Waals surface area contributed by atoms with E-state index in [1.807, 2.05) is 0 Å². The fourth-order valence-corrected chi connectivity index (χ4v) is 1.20. The normalized spacial score (nSPS) is 9.70. The van der Waals surface area contributed by atoms with Crippen molar-refractivity contribution < 1.29 is 4.18 Å². The molecule has 0 amide bonds. The van der Waals surface area contributed by atoms with Crippen molar-refractivity contribution in [2.75, 3.05) is 12.4 Å². The highest BCUT2D eigenvalue weighted by Crippen LogP contribution is 2.06. The number of hydrogen-bond acceptors (Lipinski definition) is 2. The van der Waals surface area contributed by atoms with E-state index in [1.165, 1.54) is 19.3 Å². The van der Waals surface area contributed by atoms with Crippen LogP contribution in [-0.2, 0) is 4.18 Å². The standard InChI is InChI=1S/C8H16OS/c1-3-5-6-8-10-9-7-4-2/h4H,2-3,5-8H2,1H3. The smallest absolute Gasteiger partial charge is 0.0792 e. The Morgan fingerprint density at radius 2 is 2.30 bits per heavy atom. The second-order valence-corrected chi connectivity index (χ2v) is 2.98. The van der Waals surface area contributed by atoms with E-state index < -0.39 is 0 Å². The fourth-order valence-electron chi connectivity index (χ4n) is 0.566. The third-order valence-electron chi connectivity index (χ3n) is 1.10. The fraction of sp³-hybridized carbons (Fsp3) is 0.750. The number of unbranched alkanes of at least 4 members (excludes halogenated alkanes) is 2. The quantitative estimate of drug-likeness (QED) is 0.321. The van der Waals surface area contributed by atoms with Crippen LogP contribution in [0.3, 0.4) is 0 Å². The van der Waals surface area contributed by atoms with Gasteiger partial charge in [-0.2, -0.15) is 0 Å². The maximum atomic E-state index is 5.13. The first-order valence-corrected chi connectivity index (χ1v) is 4.68. The summed E-state index contributed by atoms with van der Waals surface area (Å²) in [5, 5.41) is 0. The molecule has 0 atom stereocenters. The lowest BCUT2D eigenvalue weighted by atomic mass is 10.3. The van der Waals surface area contributed by atoms with E-state index in [0.29, 0.717) is 6.61 Å². The van der Waals surface area contributed by atoms with Gasteiger partial charge in [0.2, 0.25) is 0 Å². The van der Waals surface area contributed by atoms with Gasteiger partial charge >= 0.3 is 0 Å². The summed E-state index contributed by atoms with van der Waals surface area (Å²) >= 11 is 1.55. The van der Waals surface area contributed by atoms with Gasteiger partial charge in [-0.05, 0) is 18.5 Å². The van der Waals surface area contributed by atoms with E-state index in [4.69, 9.17) is 4.18 Å². The monoisotopic (exact) mass is 160 g/mol. The van der Waals surface area contributed by atoms with Crippen LogP contribution in [0.5, 0.6) is 0 Å². The van der Waals surface area contributed by atoms with Crippen LogP contribution < -0.4 is 0 Å². The van der Waals surface area contributed by atoms with Crippen molar-refractivity contribution in [3.63, 3.8) is 0 Å². The molecular weight excluding hydrogens is 144 g/mol. The molecule has 0 aromatic heterocycles. The first-order valence-electron chi connectivity index (χ1n) is 3.77. The third kappa shape index (κ3) is 8.05. The maximum absolute atomic E-state index is 5.13. The average molecular weight is 160 g/mol. The van der Waals surface area contributed by atoms with E-state index in [1.54, 1.807) is 18.1 Å². The number of rotatable bonds is 7. The number of hydrogen-bond donors (Lipinski definition) is 0. The molecule has 0 saturated carbocycles. The Bertz CT molecular complexity index is 73.7. The molecular formula is C8H16OS. The summed E-state index contributed by atoms with van der Waals surface area (Å²) in [6.07, 6.45) is 5.62. The van der Waals surface area contributed by atoms with Gasteiger partial charge in [-0.15, -0.1) is 6.58 Å². The van der Waals surface area contributed by atoms with Crippen LogP contribution in [0.15, 0.2) is 12.7 Å². The van der Waals surface area contributed by atoms with Gasteiger partial charge in [0.05, 0.1) is 6.61 Å². The summed E-state index contributed by atoms with van der Waals surface area (Å²) in [6.45, 7) is 6.42. The van der Waals surface area contributed by atoms with Crippen LogP contribution in [0.25, 0.3) is 0 Å². The molecule has 0 radical (unpaired) electrons. The average Bonchev–Trinajstić information content (AvgIpc) is 1.97. The van der Waals surface area contributed by atoms with Crippen LogP contribution >= 0.6 is 12.0 Å². The summed E-state index contributed by atoms with van der Waals surface area (Å²) in [4.78, 5) is 0. The second-order valence-electron chi connectivity index (χ2n) is 2.10. The summed E-state index contributed by atoms with van der Waals surface area (Å²) in [6, 6.07) is 0. The molecule has 0 rings (SSSR count). The van der Waals surface area contributed by atoms with Gasteiger partial charge in [0, 0.05) is 5.75 Å². The zero-order chi connectivity index (χ0) is 7.66. The molecule has 0 aliphatic heterocycles. The van der Waals surface area contributed by atoms with Crippen molar-refractivity contribution in [1.29, 1.82) is 0 Å². The maximum Gasteiger partial charge on any atom is 0.0792 e. The summed E-state index contributed by atoms with van der Waals surface area (Å²) in [7, 11) is 0.